The number of nitrogens with one attached hydrogen (secondary N) is 1. The van der Waals surface area contributed by atoms with Crippen molar-refractivity contribution in [1.29, 1.82) is 0 Å². The highest BCUT2D eigenvalue weighted by Crippen LogP contribution is 2.16. The Kier molecular flexibility index (Phi) is 7.65. The molecule has 0 amide bonds. The first kappa shape index (κ1) is 10.3. The first-order chi connectivity index (χ1) is 4.85. The summed E-state index contributed by atoms with van der Waals surface area (Å²) in [7, 11) is 2.01. The Labute approximate surface area is 69.0 Å². The Balaban J connectivity index is 3.09. The van der Waals surface area contributed by atoms with Gasteiger partial charge in [-0.25, -0.2) is 0 Å². The highest BCUT2D eigenvalue weighted by atomic mass is 32.2. The fourth-order valence-electron chi connectivity index (χ4n) is 0.852. The fourth-order valence-corrected chi connectivity index (χ4v) is 1.98. The number of thioether (sulfide) groups is 1. The van der Waals surface area contributed by atoms with Crippen LogP contribution in [-0.2, 0) is 0 Å². The second kappa shape index (κ2) is 7.42. The summed E-state index contributed by atoms with van der Waals surface area (Å²) in [6.07, 6.45) is 2.62. The summed E-state index contributed by atoms with van der Waals surface area (Å²) in [6.45, 7) is 5.67. The monoisotopic (exact) mass is 161 g/mol. The molecule has 0 aromatic heterocycles. The van der Waals surface area contributed by atoms with E-state index in [1.165, 1.54) is 18.6 Å². The van der Waals surface area contributed by atoms with E-state index in [1.807, 2.05) is 7.05 Å². The Morgan fingerprint density at radius 2 is 1.90 bits per heavy atom. The van der Waals surface area contributed by atoms with Gasteiger partial charge in [-0.05, 0) is 19.9 Å². The maximum atomic E-state index is 3.15. The third-order valence-electron chi connectivity index (χ3n) is 1.62. The van der Waals surface area contributed by atoms with Gasteiger partial charge in [-0.15, -0.1) is 0 Å². The molecule has 10 heavy (non-hydrogen) atoms. The van der Waals surface area contributed by atoms with Gasteiger partial charge < -0.3 is 5.32 Å². The highest BCUT2D eigenvalue weighted by Gasteiger charge is 2.01. The molecule has 0 aromatic carbocycles. The normalized spacial score (nSPS) is 10.8. The van der Waals surface area contributed by atoms with Crippen molar-refractivity contribution in [2.75, 3.05) is 19.3 Å². The average Bonchev–Trinajstić information content (AvgIpc) is 1.99. The molecule has 0 unspecified atom stereocenters. The minimum atomic E-state index is 0.883. The second-order valence-electron chi connectivity index (χ2n) is 2.41. The van der Waals surface area contributed by atoms with Crippen LogP contribution in [0.2, 0.25) is 0 Å². The molecule has 0 saturated carbocycles. The minimum Gasteiger partial charge on any atom is -0.319 e. The number of hydrogen-bond donors (Lipinski definition) is 1. The molecule has 1 nitrogen and oxygen atoms in total. The second-order valence-corrected chi connectivity index (χ2v) is 3.82. The standard InChI is InChI=1S/C8H19NS/c1-4-8(5-2)10-7-6-9-3/h8-9H,4-7H2,1-3H3. The van der Waals surface area contributed by atoms with E-state index in [1.54, 1.807) is 0 Å². The van der Waals surface area contributed by atoms with E-state index < -0.39 is 0 Å². The summed E-state index contributed by atoms with van der Waals surface area (Å²) in [4.78, 5) is 0. The van der Waals surface area contributed by atoms with Crippen LogP contribution in [0, 0.1) is 0 Å². The summed E-state index contributed by atoms with van der Waals surface area (Å²) in [5, 5.41) is 4.03. The smallest absolute Gasteiger partial charge is 0.00607 e. The van der Waals surface area contributed by atoms with Crippen molar-refractivity contribution in [2.24, 2.45) is 0 Å². The summed E-state index contributed by atoms with van der Waals surface area (Å²) < 4.78 is 0. The van der Waals surface area contributed by atoms with Crippen LogP contribution >= 0.6 is 11.8 Å². The van der Waals surface area contributed by atoms with Gasteiger partial charge in [0.15, 0.2) is 0 Å². The lowest BCUT2D eigenvalue weighted by atomic mass is 10.3. The highest BCUT2D eigenvalue weighted by molar-refractivity contribution is 7.99. The lowest BCUT2D eigenvalue weighted by molar-refractivity contribution is 0.787. The van der Waals surface area contributed by atoms with Gasteiger partial charge in [-0.2, -0.15) is 11.8 Å². The molecule has 0 radical (unpaired) electrons. The predicted molar refractivity (Wildman–Crippen MR) is 50.8 cm³/mol. The van der Waals surface area contributed by atoms with Crippen LogP contribution in [0.15, 0.2) is 0 Å². The van der Waals surface area contributed by atoms with E-state index in [0.717, 1.165) is 11.8 Å². The summed E-state index contributed by atoms with van der Waals surface area (Å²) in [5.74, 6) is 1.25. The van der Waals surface area contributed by atoms with Crippen molar-refractivity contribution in [3.8, 4) is 0 Å². The molecule has 0 rings (SSSR count). The zero-order valence-corrected chi connectivity index (χ0v) is 8.13. The maximum absolute atomic E-state index is 3.15. The topological polar surface area (TPSA) is 12.0 Å². The molecule has 0 bridgehead atoms. The van der Waals surface area contributed by atoms with Gasteiger partial charge in [0.05, 0.1) is 0 Å². The molecular weight excluding hydrogens is 142 g/mol. The van der Waals surface area contributed by atoms with Crippen molar-refractivity contribution in [3.63, 3.8) is 0 Å². The van der Waals surface area contributed by atoms with Crippen LogP contribution in [0.1, 0.15) is 26.7 Å². The van der Waals surface area contributed by atoms with Gasteiger partial charge in [0, 0.05) is 17.5 Å². The van der Waals surface area contributed by atoms with Crippen molar-refractivity contribution in [1.82, 2.24) is 5.32 Å². The lowest BCUT2D eigenvalue weighted by Crippen LogP contribution is -2.12. The number of rotatable bonds is 6. The molecule has 2 heteroatoms. The Bertz CT molecular complexity index is 62.3. The molecule has 0 aromatic rings. The molecule has 0 fully saturated rings. The quantitative estimate of drug-likeness (QED) is 0.599. The Hall–Kier alpha value is 0.310. The molecular formula is C8H19NS. The van der Waals surface area contributed by atoms with Gasteiger partial charge in [0.2, 0.25) is 0 Å². The SMILES string of the molecule is CCC(CC)SCCNC. The first-order valence-electron chi connectivity index (χ1n) is 4.11. The Morgan fingerprint density at radius 1 is 1.30 bits per heavy atom. The predicted octanol–water partition coefficient (Wildman–Crippen LogP) is 2.13. The lowest BCUT2D eigenvalue weighted by Gasteiger charge is -2.10. The van der Waals surface area contributed by atoms with Gasteiger partial charge in [0.1, 0.15) is 0 Å². The van der Waals surface area contributed by atoms with E-state index in [4.69, 9.17) is 0 Å². The van der Waals surface area contributed by atoms with Crippen LogP contribution in [0.5, 0.6) is 0 Å². The van der Waals surface area contributed by atoms with E-state index in [-0.39, 0.29) is 0 Å². The van der Waals surface area contributed by atoms with E-state index in [2.05, 4.69) is 30.9 Å². The third-order valence-corrected chi connectivity index (χ3v) is 3.19. The fraction of sp³-hybridized carbons (Fsp3) is 1.00. The van der Waals surface area contributed by atoms with E-state index in [0.29, 0.717) is 0 Å². The summed E-state index contributed by atoms with van der Waals surface area (Å²) in [5.41, 5.74) is 0. The van der Waals surface area contributed by atoms with Crippen LogP contribution in [0.25, 0.3) is 0 Å². The zero-order valence-electron chi connectivity index (χ0n) is 7.31. The van der Waals surface area contributed by atoms with Gasteiger partial charge >= 0.3 is 0 Å². The molecule has 0 spiro atoms. The van der Waals surface area contributed by atoms with Crippen molar-refractivity contribution >= 4 is 11.8 Å². The molecule has 0 atom stereocenters. The minimum absolute atomic E-state index is 0.883. The van der Waals surface area contributed by atoms with Crippen molar-refractivity contribution in [3.05, 3.63) is 0 Å². The zero-order chi connectivity index (χ0) is 7.82. The molecule has 0 heterocycles. The molecule has 0 aliphatic heterocycles. The average molecular weight is 161 g/mol. The number of hydrogen-bond acceptors (Lipinski definition) is 2. The van der Waals surface area contributed by atoms with Crippen LogP contribution in [-0.4, -0.2) is 24.6 Å². The van der Waals surface area contributed by atoms with Crippen LogP contribution in [0.3, 0.4) is 0 Å². The summed E-state index contributed by atoms with van der Waals surface area (Å²) in [6, 6.07) is 0. The van der Waals surface area contributed by atoms with Crippen molar-refractivity contribution < 1.29 is 0 Å². The molecule has 0 aliphatic carbocycles. The Morgan fingerprint density at radius 3 is 2.30 bits per heavy atom. The third kappa shape index (κ3) is 5.12. The molecule has 62 valence electrons. The van der Waals surface area contributed by atoms with Crippen LogP contribution < -0.4 is 5.32 Å². The van der Waals surface area contributed by atoms with Gasteiger partial charge in [0.25, 0.3) is 0 Å². The maximum Gasteiger partial charge on any atom is 0.00607 e. The first-order valence-corrected chi connectivity index (χ1v) is 5.16. The van der Waals surface area contributed by atoms with E-state index in [9.17, 15) is 0 Å². The van der Waals surface area contributed by atoms with E-state index >= 15 is 0 Å². The molecule has 0 aliphatic rings. The summed E-state index contributed by atoms with van der Waals surface area (Å²) >= 11 is 2.08. The molecule has 1 N–H and O–H groups in total. The molecule has 0 saturated heterocycles. The largest absolute Gasteiger partial charge is 0.319 e. The van der Waals surface area contributed by atoms with Crippen molar-refractivity contribution in [2.45, 2.75) is 31.9 Å². The van der Waals surface area contributed by atoms with Crippen LogP contribution in [0.4, 0.5) is 0 Å². The van der Waals surface area contributed by atoms with Gasteiger partial charge in [-0.3, -0.25) is 0 Å². The van der Waals surface area contributed by atoms with Gasteiger partial charge in [-0.1, -0.05) is 13.8 Å².